The second kappa shape index (κ2) is 24.2. The number of unbranched alkanes of at least 4 members (excludes halogenated alkanes) is 2. The summed E-state index contributed by atoms with van der Waals surface area (Å²) in [5.41, 5.74) is 4.50. The molecule has 0 saturated heterocycles. The van der Waals surface area contributed by atoms with Gasteiger partial charge in [0.25, 0.3) is 0 Å². The maximum atomic E-state index is 11.0. The smallest absolute Gasteiger partial charge is 0.357 e. The van der Waals surface area contributed by atoms with E-state index < -0.39 is 5.97 Å². The van der Waals surface area contributed by atoms with E-state index in [1.54, 1.807) is 12.1 Å². The first-order chi connectivity index (χ1) is 22.0. The summed E-state index contributed by atoms with van der Waals surface area (Å²) in [5, 5.41) is 21.3. The first-order valence-electron chi connectivity index (χ1n) is 16.0. The van der Waals surface area contributed by atoms with Crippen molar-refractivity contribution in [2.24, 2.45) is 0 Å². The van der Waals surface area contributed by atoms with E-state index in [9.17, 15) is 15.0 Å². The molecular formula is C40H53IO4S. The third kappa shape index (κ3) is 18.2. The molecule has 0 unspecified atom stereocenters. The van der Waals surface area contributed by atoms with Gasteiger partial charge in [-0.05, 0) is 112 Å². The summed E-state index contributed by atoms with van der Waals surface area (Å²) in [6.07, 6.45) is 8.00. The number of hydrogen-bond acceptors (Lipinski definition) is 4. The fourth-order valence-electron chi connectivity index (χ4n) is 3.86. The fourth-order valence-corrected chi connectivity index (χ4v) is 7.78. The molecule has 4 rings (SSSR count). The van der Waals surface area contributed by atoms with Crippen LogP contribution >= 0.6 is 0 Å². The van der Waals surface area contributed by atoms with Gasteiger partial charge in [0, 0.05) is 0 Å². The van der Waals surface area contributed by atoms with Gasteiger partial charge in [-0.3, -0.25) is 0 Å². The minimum absolute atomic E-state index is 0.00313. The van der Waals surface area contributed by atoms with Gasteiger partial charge < -0.3 is 19.7 Å². The van der Waals surface area contributed by atoms with Crippen molar-refractivity contribution in [1.82, 2.24) is 0 Å². The summed E-state index contributed by atoms with van der Waals surface area (Å²) in [6.45, 7) is 14.9. The van der Waals surface area contributed by atoms with Crippen LogP contribution in [0.1, 0.15) is 79.1 Å². The zero-order valence-corrected chi connectivity index (χ0v) is 32.0. The number of rotatable bonds is 11. The molecule has 0 saturated carbocycles. The Hall–Kier alpha value is -2.97. The van der Waals surface area contributed by atoms with Crippen LogP contribution in [-0.4, -0.2) is 30.3 Å². The highest BCUT2D eigenvalue weighted by Crippen LogP contribution is 2.16. The van der Waals surface area contributed by atoms with E-state index in [4.69, 9.17) is 4.74 Å². The predicted octanol–water partition coefficient (Wildman–Crippen LogP) is 5.09. The third-order valence-electron chi connectivity index (χ3n) is 6.74. The van der Waals surface area contributed by atoms with Crippen LogP contribution in [0.2, 0.25) is 0 Å². The van der Waals surface area contributed by atoms with E-state index in [0.717, 1.165) is 22.0 Å². The molecule has 0 amide bonds. The van der Waals surface area contributed by atoms with Crippen LogP contribution in [0.25, 0.3) is 0 Å². The molecule has 4 aromatic rings. The Morgan fingerprint density at radius 3 is 1.48 bits per heavy atom. The average molecular weight is 757 g/mol. The fraction of sp³-hybridized carbons (Fsp3) is 0.375. The second-order valence-corrected chi connectivity index (χ2v) is 16.5. The maximum absolute atomic E-state index is 11.0. The van der Waals surface area contributed by atoms with Crippen molar-refractivity contribution in [3.8, 4) is 11.5 Å². The molecule has 0 spiro atoms. The van der Waals surface area contributed by atoms with Crippen molar-refractivity contribution >= 4 is 16.9 Å². The molecule has 0 aliphatic heterocycles. The van der Waals surface area contributed by atoms with Gasteiger partial charge in [-0.25, -0.2) is 0 Å². The normalized spacial score (nSPS) is 10.0. The molecule has 250 valence electrons. The maximum Gasteiger partial charge on any atom is 0.357 e. The lowest BCUT2D eigenvalue weighted by molar-refractivity contribution is -0.597. The molecule has 46 heavy (non-hydrogen) atoms. The molecule has 0 aliphatic carbocycles. The van der Waals surface area contributed by atoms with Gasteiger partial charge in [-0.2, -0.15) is 0 Å². The number of carboxylic acids is 1. The minimum atomic E-state index is -1.17. The van der Waals surface area contributed by atoms with E-state index in [0.29, 0.717) is 12.4 Å². The zero-order chi connectivity index (χ0) is 34.3. The summed E-state index contributed by atoms with van der Waals surface area (Å²) in [4.78, 5) is 10.3. The lowest BCUT2D eigenvalue weighted by atomic mass is 10.1. The first-order valence-corrected chi connectivity index (χ1v) is 20.2. The second-order valence-electron chi connectivity index (χ2n) is 11.0. The van der Waals surface area contributed by atoms with Crippen LogP contribution in [0.3, 0.4) is 0 Å². The number of hydrogen-bond donors (Lipinski definition) is 0. The van der Waals surface area contributed by atoms with Gasteiger partial charge in [0.15, 0.2) is 7.14 Å². The molecule has 0 fully saturated rings. The molecule has 0 bridgehead atoms. The van der Waals surface area contributed by atoms with E-state index in [1.807, 2.05) is 39.0 Å². The number of para-hydroxylation sites is 1. The quantitative estimate of drug-likeness (QED) is 0.158. The van der Waals surface area contributed by atoms with Crippen LogP contribution in [0.15, 0.2) is 91.0 Å². The largest absolute Gasteiger partial charge is 0.872 e. The Bertz CT molecular complexity index is 1300. The van der Waals surface area contributed by atoms with Crippen molar-refractivity contribution in [2.75, 3.05) is 24.4 Å². The Morgan fingerprint density at radius 2 is 1.13 bits per heavy atom. The first kappa shape index (κ1) is 41.1. The number of carboxylic acid groups (broad SMARTS) is 1. The van der Waals surface area contributed by atoms with Crippen molar-refractivity contribution in [3.63, 3.8) is 0 Å². The van der Waals surface area contributed by atoms with Gasteiger partial charge in [-0.15, -0.1) is 5.75 Å². The molecule has 0 aromatic heterocycles. The molecule has 0 aliphatic rings. The van der Waals surface area contributed by atoms with Crippen LogP contribution in [0, 0.1) is 34.8 Å². The Kier molecular flexibility index (Phi) is 21.6. The molecule has 0 heterocycles. The molecular weight excluding hydrogens is 703 g/mol. The van der Waals surface area contributed by atoms with Gasteiger partial charge in [-0.1, -0.05) is 91.4 Å². The summed E-state index contributed by atoms with van der Waals surface area (Å²) >= 11 is 0.00313. The molecule has 0 atom stereocenters. The highest BCUT2D eigenvalue weighted by Gasteiger charge is 2.14. The highest BCUT2D eigenvalue weighted by molar-refractivity contribution is 7.96. The van der Waals surface area contributed by atoms with Crippen LogP contribution < -0.4 is 36.2 Å². The average Bonchev–Trinajstić information content (AvgIpc) is 3.05. The summed E-state index contributed by atoms with van der Waals surface area (Å²) in [5.74, 6) is 2.60. The van der Waals surface area contributed by atoms with E-state index in [1.165, 1.54) is 67.6 Å². The zero-order valence-electron chi connectivity index (χ0n) is 29.0. The number of ether oxygens (including phenoxy) is 1. The van der Waals surface area contributed by atoms with Crippen molar-refractivity contribution in [3.05, 3.63) is 126 Å². The van der Waals surface area contributed by atoms with Crippen molar-refractivity contribution in [1.29, 1.82) is 0 Å². The summed E-state index contributed by atoms with van der Waals surface area (Å²) in [7, 11) is 0.730. The van der Waals surface area contributed by atoms with Gasteiger partial charge in [0.2, 0.25) is 0 Å². The van der Waals surface area contributed by atoms with Crippen molar-refractivity contribution in [2.45, 2.75) is 74.1 Å². The minimum Gasteiger partial charge on any atom is -0.872 e. The summed E-state index contributed by atoms with van der Waals surface area (Å²) in [6, 6.07) is 29.5. The van der Waals surface area contributed by atoms with Crippen molar-refractivity contribution < 1.29 is 40.9 Å². The Morgan fingerprint density at radius 1 is 0.696 bits per heavy atom. The number of aromatic carboxylic acids is 1. The molecule has 4 nitrogen and oxygen atoms in total. The Balaban J connectivity index is 0.000000313. The number of aryl methyl sites for hydroxylation is 4. The highest BCUT2D eigenvalue weighted by atomic mass is 127. The molecule has 0 N–H and O–H groups in total. The van der Waals surface area contributed by atoms with Gasteiger partial charge in [0.1, 0.15) is 17.3 Å². The van der Waals surface area contributed by atoms with Crippen LogP contribution in [-0.2, 0) is 10.9 Å². The van der Waals surface area contributed by atoms with E-state index >= 15 is 0 Å². The number of halogens is 1. The summed E-state index contributed by atoms with van der Waals surface area (Å²) < 4.78 is 8.11. The van der Waals surface area contributed by atoms with Crippen LogP contribution in [0.4, 0.5) is 0 Å². The lowest BCUT2D eigenvalue weighted by Crippen LogP contribution is -3.61. The number of carbonyl (C=O) groups is 1. The topological polar surface area (TPSA) is 72.4 Å². The van der Waals surface area contributed by atoms with E-state index in [-0.39, 0.29) is 32.5 Å². The van der Waals surface area contributed by atoms with Gasteiger partial charge >= 0.3 is 21.2 Å². The molecule has 0 radical (unpaired) electrons. The monoisotopic (exact) mass is 756 g/mol. The standard InChI is InChI=1S/C14H14I.C9H10O3.C9H21S.C8H10O/c1-11-3-7-13(8-4-11)15-14-9-5-12(2)6-10-14;1-2-12-8-5-3-7(4-6-8)9(10)11;1-4-6-8-10(3)9-7-5-2;1-6-4-3-5-7(2)8(6)9/h3-10H,1-2H3;3-6H,2H2,1H3,(H,10,11);4-9H2,1-3H3;3-5,9H,1-2H3/q+1;;+1;/p-2. The van der Waals surface area contributed by atoms with E-state index in [2.05, 4.69) is 82.5 Å². The Labute approximate surface area is 292 Å². The van der Waals surface area contributed by atoms with Crippen LogP contribution in [0.5, 0.6) is 11.5 Å². The molecule has 6 heteroatoms. The predicted molar refractivity (Wildman–Crippen MR) is 190 cm³/mol. The molecule has 4 aromatic carbocycles. The number of benzene rings is 4. The SMILES string of the molecule is CCCC[S+](C)CCCC.CCOc1ccc(C(=O)[O-])cc1.Cc1ccc([I+]c2ccc(C)cc2)cc1.Cc1cccc(C)c1[O-]. The van der Waals surface area contributed by atoms with Gasteiger partial charge in [0.05, 0.1) is 18.8 Å². The lowest BCUT2D eigenvalue weighted by Gasteiger charge is -2.12. The third-order valence-corrected chi connectivity index (χ3v) is 11.4. The number of carbonyl (C=O) groups excluding carboxylic acids is 1.